The van der Waals surface area contributed by atoms with E-state index < -0.39 is 5.41 Å². The zero-order chi connectivity index (χ0) is 12.3. The smallest absolute Gasteiger partial charge is 0.231 e. The number of nitrogens with zero attached hydrogens (tertiary/aromatic N) is 1. The van der Waals surface area contributed by atoms with E-state index >= 15 is 0 Å². The van der Waals surface area contributed by atoms with Crippen LogP contribution >= 0.6 is 0 Å². The van der Waals surface area contributed by atoms with Gasteiger partial charge in [0.05, 0.1) is 19.0 Å². The first-order valence-electron chi connectivity index (χ1n) is 4.95. The van der Waals surface area contributed by atoms with Crippen molar-refractivity contribution in [1.82, 2.24) is 4.98 Å². The number of methoxy groups -OCH3 is 1. The molecular weight excluding hydrogens is 206 g/mol. The maximum Gasteiger partial charge on any atom is 0.231 e. The Bertz CT molecular complexity index is 397. The summed E-state index contributed by atoms with van der Waals surface area (Å²) in [5, 5.41) is 2.70. The van der Waals surface area contributed by atoms with E-state index in [9.17, 15) is 4.79 Å². The number of nitrogens with two attached hydrogens (primary N) is 1. The Hall–Kier alpha value is -1.78. The highest BCUT2D eigenvalue weighted by Crippen LogP contribution is 2.25. The topological polar surface area (TPSA) is 77.2 Å². The molecule has 1 rings (SSSR count). The van der Waals surface area contributed by atoms with E-state index in [-0.39, 0.29) is 5.91 Å². The summed E-state index contributed by atoms with van der Waals surface area (Å²) in [6.07, 6.45) is 1.47. The monoisotopic (exact) mass is 223 g/mol. The second-order valence-corrected chi connectivity index (χ2v) is 4.52. The number of nitrogen functional groups attached to an aromatic ring is 1. The number of carbonyl (C=O) groups is 1. The lowest BCUT2D eigenvalue weighted by molar-refractivity contribution is -0.123. The van der Waals surface area contributed by atoms with Crippen LogP contribution in [-0.4, -0.2) is 18.0 Å². The van der Waals surface area contributed by atoms with Crippen LogP contribution in [0, 0.1) is 5.41 Å². The lowest BCUT2D eigenvalue weighted by atomic mass is 9.96. The molecule has 0 aliphatic heterocycles. The van der Waals surface area contributed by atoms with Crippen molar-refractivity contribution in [2.45, 2.75) is 20.8 Å². The summed E-state index contributed by atoms with van der Waals surface area (Å²) in [6, 6.07) is 1.62. The molecule has 0 aliphatic rings. The van der Waals surface area contributed by atoms with Crippen molar-refractivity contribution in [2.75, 3.05) is 18.2 Å². The lowest BCUT2D eigenvalue weighted by Gasteiger charge is -2.18. The SMILES string of the molecule is COc1cc(N)cnc1NC(=O)C(C)(C)C. The fourth-order valence-corrected chi connectivity index (χ4v) is 1.00. The highest BCUT2D eigenvalue weighted by Gasteiger charge is 2.22. The molecule has 0 saturated carbocycles. The number of aromatic nitrogens is 1. The molecule has 0 aliphatic carbocycles. The van der Waals surface area contributed by atoms with Crippen LogP contribution in [0.5, 0.6) is 5.75 Å². The largest absolute Gasteiger partial charge is 0.493 e. The molecule has 1 heterocycles. The van der Waals surface area contributed by atoms with Gasteiger partial charge in [-0.15, -0.1) is 0 Å². The summed E-state index contributed by atoms with van der Waals surface area (Å²) in [6.45, 7) is 5.48. The molecular formula is C11H17N3O2. The van der Waals surface area contributed by atoms with Gasteiger partial charge in [-0.2, -0.15) is 0 Å². The zero-order valence-electron chi connectivity index (χ0n) is 10.00. The van der Waals surface area contributed by atoms with Crippen molar-refractivity contribution in [3.05, 3.63) is 12.3 Å². The number of anilines is 2. The molecule has 1 aromatic rings. The quantitative estimate of drug-likeness (QED) is 0.799. The molecule has 5 nitrogen and oxygen atoms in total. The molecule has 0 radical (unpaired) electrons. The van der Waals surface area contributed by atoms with Gasteiger partial charge in [-0.1, -0.05) is 20.8 Å². The summed E-state index contributed by atoms with van der Waals surface area (Å²) < 4.78 is 5.08. The van der Waals surface area contributed by atoms with E-state index in [1.165, 1.54) is 13.3 Å². The molecule has 0 atom stereocenters. The molecule has 3 N–H and O–H groups in total. The Morgan fingerprint density at radius 2 is 2.12 bits per heavy atom. The molecule has 0 fully saturated rings. The van der Waals surface area contributed by atoms with Gasteiger partial charge in [0, 0.05) is 11.5 Å². The number of nitrogens with one attached hydrogen (secondary N) is 1. The minimum atomic E-state index is -0.478. The Labute approximate surface area is 95.0 Å². The van der Waals surface area contributed by atoms with Gasteiger partial charge in [-0.25, -0.2) is 4.98 Å². The van der Waals surface area contributed by atoms with Crippen LogP contribution in [-0.2, 0) is 4.79 Å². The Balaban J connectivity index is 2.93. The Morgan fingerprint density at radius 3 is 2.62 bits per heavy atom. The molecule has 88 valence electrons. The summed E-state index contributed by atoms with van der Waals surface area (Å²) in [4.78, 5) is 15.8. The van der Waals surface area contributed by atoms with Gasteiger partial charge in [-0.05, 0) is 0 Å². The summed E-state index contributed by atoms with van der Waals surface area (Å²) >= 11 is 0. The van der Waals surface area contributed by atoms with Gasteiger partial charge in [0.25, 0.3) is 0 Å². The number of hydrogen-bond donors (Lipinski definition) is 2. The van der Waals surface area contributed by atoms with Crippen molar-refractivity contribution in [1.29, 1.82) is 0 Å². The van der Waals surface area contributed by atoms with E-state index in [2.05, 4.69) is 10.3 Å². The maximum atomic E-state index is 11.7. The van der Waals surface area contributed by atoms with E-state index in [4.69, 9.17) is 10.5 Å². The van der Waals surface area contributed by atoms with Crippen molar-refractivity contribution in [3.63, 3.8) is 0 Å². The van der Waals surface area contributed by atoms with Gasteiger partial charge in [0.2, 0.25) is 5.91 Å². The van der Waals surface area contributed by atoms with Crippen molar-refractivity contribution < 1.29 is 9.53 Å². The fourth-order valence-electron chi connectivity index (χ4n) is 1.00. The number of carbonyl (C=O) groups excluding carboxylic acids is 1. The number of ether oxygens (including phenoxy) is 1. The average Bonchev–Trinajstić information content (AvgIpc) is 2.19. The van der Waals surface area contributed by atoms with Crippen LogP contribution in [0.1, 0.15) is 20.8 Å². The van der Waals surface area contributed by atoms with Crippen LogP contribution in [0.3, 0.4) is 0 Å². The number of rotatable bonds is 2. The van der Waals surface area contributed by atoms with Crippen LogP contribution in [0.2, 0.25) is 0 Å². The average molecular weight is 223 g/mol. The van der Waals surface area contributed by atoms with E-state index in [0.717, 1.165) is 0 Å². The van der Waals surface area contributed by atoms with Gasteiger partial charge >= 0.3 is 0 Å². The third-order valence-electron chi connectivity index (χ3n) is 2.01. The maximum absolute atomic E-state index is 11.7. The first-order chi connectivity index (χ1) is 7.34. The number of amides is 1. The van der Waals surface area contributed by atoms with Crippen LogP contribution in [0.25, 0.3) is 0 Å². The molecule has 0 bridgehead atoms. The molecule has 5 heteroatoms. The lowest BCUT2D eigenvalue weighted by Crippen LogP contribution is -2.28. The normalized spacial score (nSPS) is 11.0. The minimum Gasteiger partial charge on any atom is -0.493 e. The van der Waals surface area contributed by atoms with Crippen molar-refractivity contribution in [3.8, 4) is 5.75 Å². The Morgan fingerprint density at radius 1 is 1.50 bits per heavy atom. The minimum absolute atomic E-state index is 0.122. The highest BCUT2D eigenvalue weighted by atomic mass is 16.5. The molecule has 0 unspecified atom stereocenters. The molecule has 0 spiro atoms. The van der Waals surface area contributed by atoms with Gasteiger partial charge in [0.15, 0.2) is 11.6 Å². The first-order valence-corrected chi connectivity index (χ1v) is 4.95. The number of pyridine rings is 1. The molecule has 16 heavy (non-hydrogen) atoms. The van der Waals surface area contributed by atoms with Gasteiger partial charge in [-0.3, -0.25) is 4.79 Å². The van der Waals surface area contributed by atoms with Crippen molar-refractivity contribution >= 4 is 17.4 Å². The molecule has 0 saturated heterocycles. The molecule has 1 amide bonds. The summed E-state index contributed by atoms with van der Waals surface area (Å²) in [5.41, 5.74) is 5.58. The highest BCUT2D eigenvalue weighted by molar-refractivity contribution is 5.94. The second-order valence-electron chi connectivity index (χ2n) is 4.52. The standard InChI is InChI=1S/C11H17N3O2/c1-11(2,3)10(15)14-9-8(16-4)5-7(12)6-13-9/h5-6H,12H2,1-4H3,(H,13,14,15). The summed E-state index contributed by atoms with van der Waals surface area (Å²) in [5.74, 6) is 0.720. The van der Waals surface area contributed by atoms with Crippen LogP contribution < -0.4 is 15.8 Å². The third-order valence-corrected chi connectivity index (χ3v) is 2.01. The Kier molecular flexibility index (Phi) is 3.37. The predicted octanol–water partition coefficient (Wildman–Crippen LogP) is 1.66. The third kappa shape index (κ3) is 2.85. The first kappa shape index (κ1) is 12.3. The van der Waals surface area contributed by atoms with Crippen molar-refractivity contribution in [2.24, 2.45) is 5.41 Å². The van der Waals surface area contributed by atoms with E-state index in [0.29, 0.717) is 17.3 Å². The molecule has 1 aromatic heterocycles. The van der Waals surface area contributed by atoms with Crippen LogP contribution in [0.4, 0.5) is 11.5 Å². The van der Waals surface area contributed by atoms with Gasteiger partial charge < -0.3 is 15.8 Å². The van der Waals surface area contributed by atoms with E-state index in [1.54, 1.807) is 6.07 Å². The van der Waals surface area contributed by atoms with E-state index in [1.807, 2.05) is 20.8 Å². The fraction of sp³-hybridized carbons (Fsp3) is 0.455. The molecule has 0 aromatic carbocycles. The second kappa shape index (κ2) is 4.38. The predicted molar refractivity (Wildman–Crippen MR) is 63.3 cm³/mol. The van der Waals surface area contributed by atoms with Gasteiger partial charge in [0.1, 0.15) is 0 Å². The zero-order valence-corrected chi connectivity index (χ0v) is 10.00. The number of hydrogen-bond acceptors (Lipinski definition) is 4. The van der Waals surface area contributed by atoms with Crippen LogP contribution in [0.15, 0.2) is 12.3 Å². The summed E-state index contributed by atoms with van der Waals surface area (Å²) in [7, 11) is 1.50.